The zero-order valence-corrected chi connectivity index (χ0v) is 11.3. The van der Waals surface area contributed by atoms with E-state index < -0.39 is 0 Å². The average molecular weight is 232 g/mol. The number of benzene rings is 1. The molecule has 0 bridgehead atoms. The third-order valence-electron chi connectivity index (χ3n) is 3.79. The predicted molar refractivity (Wildman–Crippen MR) is 73.2 cm³/mol. The Morgan fingerprint density at radius 1 is 1.06 bits per heavy atom. The van der Waals surface area contributed by atoms with Crippen molar-refractivity contribution in [2.45, 2.75) is 33.4 Å². The minimum absolute atomic E-state index is 0.690. The highest BCUT2D eigenvalue weighted by Crippen LogP contribution is 2.13. The SMILES string of the molecule is Cc1ccccc1CN1CCN(C(C)C)CC1. The smallest absolute Gasteiger partial charge is 0.0237 e. The molecule has 1 fully saturated rings. The van der Waals surface area contributed by atoms with Crippen molar-refractivity contribution in [2.75, 3.05) is 26.2 Å². The van der Waals surface area contributed by atoms with Gasteiger partial charge in [0.2, 0.25) is 0 Å². The van der Waals surface area contributed by atoms with E-state index in [1.165, 1.54) is 37.3 Å². The molecule has 1 heterocycles. The fourth-order valence-electron chi connectivity index (χ4n) is 2.47. The number of rotatable bonds is 3. The van der Waals surface area contributed by atoms with Crippen molar-refractivity contribution < 1.29 is 0 Å². The van der Waals surface area contributed by atoms with E-state index in [9.17, 15) is 0 Å². The molecule has 0 radical (unpaired) electrons. The minimum atomic E-state index is 0.690. The molecule has 2 heteroatoms. The van der Waals surface area contributed by atoms with Crippen LogP contribution in [0, 0.1) is 6.92 Å². The van der Waals surface area contributed by atoms with E-state index >= 15 is 0 Å². The van der Waals surface area contributed by atoms with Gasteiger partial charge in [-0.05, 0) is 31.9 Å². The van der Waals surface area contributed by atoms with E-state index in [0.717, 1.165) is 6.54 Å². The second-order valence-electron chi connectivity index (χ2n) is 5.33. The summed E-state index contributed by atoms with van der Waals surface area (Å²) in [7, 11) is 0. The quantitative estimate of drug-likeness (QED) is 0.790. The molecule has 94 valence electrons. The first kappa shape index (κ1) is 12.6. The third-order valence-corrected chi connectivity index (χ3v) is 3.79. The van der Waals surface area contributed by atoms with Crippen molar-refractivity contribution in [2.24, 2.45) is 0 Å². The molecule has 1 aromatic rings. The summed E-state index contributed by atoms with van der Waals surface area (Å²) in [6, 6.07) is 9.42. The average Bonchev–Trinajstić information content (AvgIpc) is 2.33. The van der Waals surface area contributed by atoms with Crippen LogP contribution in [0.5, 0.6) is 0 Å². The summed E-state index contributed by atoms with van der Waals surface area (Å²) in [5.74, 6) is 0. The Kier molecular flexibility index (Phi) is 4.19. The Hall–Kier alpha value is -0.860. The van der Waals surface area contributed by atoms with Gasteiger partial charge in [-0.2, -0.15) is 0 Å². The van der Waals surface area contributed by atoms with Gasteiger partial charge in [0.05, 0.1) is 0 Å². The van der Waals surface area contributed by atoms with Crippen LogP contribution in [-0.2, 0) is 6.54 Å². The monoisotopic (exact) mass is 232 g/mol. The van der Waals surface area contributed by atoms with Crippen LogP contribution in [0.4, 0.5) is 0 Å². The number of hydrogen-bond donors (Lipinski definition) is 0. The predicted octanol–water partition coefficient (Wildman–Crippen LogP) is 2.52. The molecule has 1 aromatic carbocycles. The van der Waals surface area contributed by atoms with Crippen LogP contribution < -0.4 is 0 Å². The third kappa shape index (κ3) is 3.30. The van der Waals surface area contributed by atoms with Crippen LogP contribution >= 0.6 is 0 Å². The van der Waals surface area contributed by atoms with Gasteiger partial charge in [-0.25, -0.2) is 0 Å². The lowest BCUT2D eigenvalue weighted by atomic mass is 10.1. The van der Waals surface area contributed by atoms with Crippen LogP contribution in [0.2, 0.25) is 0 Å². The van der Waals surface area contributed by atoms with E-state index in [4.69, 9.17) is 0 Å². The summed E-state index contributed by atoms with van der Waals surface area (Å²) in [4.78, 5) is 5.13. The summed E-state index contributed by atoms with van der Waals surface area (Å²) in [5.41, 5.74) is 2.89. The molecule has 0 N–H and O–H groups in total. The Balaban J connectivity index is 1.88. The molecule has 1 saturated heterocycles. The summed E-state index contributed by atoms with van der Waals surface area (Å²) >= 11 is 0. The zero-order valence-electron chi connectivity index (χ0n) is 11.3. The summed E-state index contributed by atoms with van der Waals surface area (Å²) in [6.45, 7) is 12.7. The fourth-order valence-corrected chi connectivity index (χ4v) is 2.47. The summed E-state index contributed by atoms with van der Waals surface area (Å²) < 4.78 is 0. The molecule has 1 aliphatic heterocycles. The van der Waals surface area contributed by atoms with E-state index in [2.05, 4.69) is 54.8 Å². The molecule has 0 aliphatic carbocycles. The highest BCUT2D eigenvalue weighted by molar-refractivity contribution is 5.25. The van der Waals surface area contributed by atoms with Crippen molar-refractivity contribution in [3.8, 4) is 0 Å². The van der Waals surface area contributed by atoms with Gasteiger partial charge in [0.1, 0.15) is 0 Å². The summed E-state index contributed by atoms with van der Waals surface area (Å²) in [6.07, 6.45) is 0. The lowest BCUT2D eigenvalue weighted by Crippen LogP contribution is -2.48. The molecular weight excluding hydrogens is 208 g/mol. The van der Waals surface area contributed by atoms with Gasteiger partial charge in [0.25, 0.3) is 0 Å². The molecule has 1 aliphatic rings. The maximum absolute atomic E-state index is 2.57. The molecule has 0 amide bonds. The second-order valence-corrected chi connectivity index (χ2v) is 5.33. The van der Waals surface area contributed by atoms with Crippen molar-refractivity contribution >= 4 is 0 Å². The van der Waals surface area contributed by atoms with E-state index in [1.807, 2.05) is 0 Å². The van der Waals surface area contributed by atoms with Gasteiger partial charge in [-0.15, -0.1) is 0 Å². The van der Waals surface area contributed by atoms with E-state index in [0.29, 0.717) is 6.04 Å². The van der Waals surface area contributed by atoms with Crippen molar-refractivity contribution in [1.82, 2.24) is 9.80 Å². The first-order valence-electron chi connectivity index (χ1n) is 6.67. The largest absolute Gasteiger partial charge is 0.298 e. The van der Waals surface area contributed by atoms with E-state index in [1.54, 1.807) is 0 Å². The van der Waals surface area contributed by atoms with Crippen LogP contribution in [0.15, 0.2) is 24.3 Å². The maximum atomic E-state index is 2.57. The molecule has 0 atom stereocenters. The first-order valence-corrected chi connectivity index (χ1v) is 6.67. The molecule has 0 unspecified atom stereocenters. The highest BCUT2D eigenvalue weighted by atomic mass is 15.3. The van der Waals surface area contributed by atoms with Crippen LogP contribution in [0.3, 0.4) is 0 Å². The molecule has 2 nitrogen and oxygen atoms in total. The van der Waals surface area contributed by atoms with Gasteiger partial charge in [0, 0.05) is 38.8 Å². The zero-order chi connectivity index (χ0) is 12.3. The number of aryl methyl sites for hydroxylation is 1. The van der Waals surface area contributed by atoms with Crippen LogP contribution in [0.1, 0.15) is 25.0 Å². The van der Waals surface area contributed by atoms with Crippen LogP contribution in [-0.4, -0.2) is 42.0 Å². The number of hydrogen-bond acceptors (Lipinski definition) is 2. The Labute approximate surface area is 105 Å². The number of piperazine rings is 1. The van der Waals surface area contributed by atoms with Gasteiger partial charge in [0.15, 0.2) is 0 Å². The molecule has 0 spiro atoms. The molecule has 17 heavy (non-hydrogen) atoms. The van der Waals surface area contributed by atoms with Gasteiger partial charge >= 0.3 is 0 Å². The molecule has 2 rings (SSSR count). The fraction of sp³-hybridized carbons (Fsp3) is 0.600. The Morgan fingerprint density at radius 3 is 2.29 bits per heavy atom. The molecule has 0 aromatic heterocycles. The van der Waals surface area contributed by atoms with Crippen molar-refractivity contribution in [1.29, 1.82) is 0 Å². The van der Waals surface area contributed by atoms with Gasteiger partial charge < -0.3 is 0 Å². The topological polar surface area (TPSA) is 6.48 Å². The molecule has 0 saturated carbocycles. The minimum Gasteiger partial charge on any atom is -0.298 e. The summed E-state index contributed by atoms with van der Waals surface area (Å²) in [5, 5.41) is 0. The Morgan fingerprint density at radius 2 is 1.71 bits per heavy atom. The second kappa shape index (κ2) is 5.65. The van der Waals surface area contributed by atoms with Gasteiger partial charge in [-0.1, -0.05) is 24.3 Å². The normalized spacial score (nSPS) is 18.8. The number of nitrogens with zero attached hydrogens (tertiary/aromatic N) is 2. The Bertz CT molecular complexity index is 352. The highest BCUT2D eigenvalue weighted by Gasteiger charge is 2.18. The van der Waals surface area contributed by atoms with Gasteiger partial charge in [-0.3, -0.25) is 9.80 Å². The van der Waals surface area contributed by atoms with Crippen LogP contribution in [0.25, 0.3) is 0 Å². The maximum Gasteiger partial charge on any atom is 0.0237 e. The van der Waals surface area contributed by atoms with E-state index in [-0.39, 0.29) is 0 Å². The van der Waals surface area contributed by atoms with Crippen molar-refractivity contribution in [3.05, 3.63) is 35.4 Å². The lowest BCUT2D eigenvalue weighted by Gasteiger charge is -2.37. The standard InChI is InChI=1S/C15H24N2/c1-13(2)17-10-8-16(9-11-17)12-15-7-5-4-6-14(15)3/h4-7,13H,8-12H2,1-3H3. The lowest BCUT2D eigenvalue weighted by molar-refractivity contribution is 0.104. The molecular formula is C15H24N2. The first-order chi connectivity index (χ1) is 8.16. The van der Waals surface area contributed by atoms with Crippen molar-refractivity contribution in [3.63, 3.8) is 0 Å².